The van der Waals surface area contributed by atoms with Crippen LogP contribution in [0, 0.1) is 0 Å². The lowest BCUT2D eigenvalue weighted by Gasteiger charge is -2.20. The molecule has 1 aromatic heterocycles. The molecule has 0 N–H and O–H groups in total. The van der Waals surface area contributed by atoms with Gasteiger partial charge in [-0.25, -0.2) is 0 Å². The molecule has 1 heterocycles. The van der Waals surface area contributed by atoms with Crippen molar-refractivity contribution in [3.8, 4) is 22.7 Å². The van der Waals surface area contributed by atoms with Crippen LogP contribution in [0.15, 0.2) is 83.7 Å². The molecule has 0 atom stereocenters. The van der Waals surface area contributed by atoms with Gasteiger partial charge in [-0.3, -0.25) is 9.36 Å². The zero-order chi connectivity index (χ0) is 20.6. The molecule has 0 aliphatic heterocycles. The summed E-state index contributed by atoms with van der Waals surface area (Å²) in [6.45, 7) is 6.60. The standard InChI is InChI=1S/C26H25NO2/c1-26(2,3)20-14-12-18(13-15-20)24-16-19-8-5-6-11-23(19)25(28)27(24)21-9-7-10-22(17-21)29-4/h5-17H,1-4H3. The average Bonchev–Trinajstić information content (AvgIpc) is 2.73. The van der Waals surface area contributed by atoms with Crippen molar-refractivity contribution in [3.05, 3.63) is 94.8 Å². The molecular formula is C26H25NO2. The van der Waals surface area contributed by atoms with Crippen molar-refractivity contribution in [2.45, 2.75) is 26.2 Å². The van der Waals surface area contributed by atoms with Gasteiger partial charge in [0.05, 0.1) is 18.5 Å². The molecule has 146 valence electrons. The highest BCUT2D eigenvalue weighted by Gasteiger charge is 2.16. The van der Waals surface area contributed by atoms with E-state index >= 15 is 0 Å². The molecule has 3 nitrogen and oxygen atoms in total. The Balaban J connectivity index is 2.01. The Morgan fingerprint density at radius 2 is 1.55 bits per heavy atom. The van der Waals surface area contributed by atoms with Crippen LogP contribution in [0.3, 0.4) is 0 Å². The third-order valence-corrected chi connectivity index (χ3v) is 5.29. The number of aromatic nitrogens is 1. The number of rotatable bonds is 3. The van der Waals surface area contributed by atoms with Crippen LogP contribution in [0.5, 0.6) is 5.75 Å². The summed E-state index contributed by atoms with van der Waals surface area (Å²) in [5, 5.41) is 1.64. The first-order valence-electron chi connectivity index (χ1n) is 9.78. The maximum absolute atomic E-state index is 13.5. The first-order valence-corrected chi connectivity index (χ1v) is 9.78. The van der Waals surface area contributed by atoms with Gasteiger partial charge in [0.15, 0.2) is 0 Å². The molecule has 3 heteroatoms. The molecule has 0 saturated heterocycles. The van der Waals surface area contributed by atoms with Gasteiger partial charge in [0, 0.05) is 11.5 Å². The SMILES string of the molecule is COc1cccc(-n2c(-c3ccc(C(C)(C)C)cc3)cc3ccccc3c2=O)c1. The van der Waals surface area contributed by atoms with Crippen molar-refractivity contribution >= 4 is 10.8 Å². The molecule has 0 aliphatic carbocycles. The molecular weight excluding hydrogens is 358 g/mol. The highest BCUT2D eigenvalue weighted by molar-refractivity contribution is 5.86. The van der Waals surface area contributed by atoms with E-state index in [4.69, 9.17) is 4.74 Å². The van der Waals surface area contributed by atoms with Crippen molar-refractivity contribution < 1.29 is 4.74 Å². The maximum Gasteiger partial charge on any atom is 0.263 e. The third-order valence-electron chi connectivity index (χ3n) is 5.29. The molecule has 0 spiro atoms. The Kier molecular flexibility index (Phi) is 4.75. The average molecular weight is 383 g/mol. The predicted molar refractivity (Wildman–Crippen MR) is 120 cm³/mol. The lowest BCUT2D eigenvalue weighted by atomic mass is 9.86. The number of ether oxygens (including phenoxy) is 1. The van der Waals surface area contributed by atoms with Crippen LogP contribution in [0.25, 0.3) is 27.7 Å². The normalized spacial score (nSPS) is 11.6. The minimum atomic E-state index is -0.0359. The summed E-state index contributed by atoms with van der Waals surface area (Å²) >= 11 is 0. The number of hydrogen-bond acceptors (Lipinski definition) is 2. The molecule has 0 aliphatic rings. The molecule has 4 rings (SSSR count). The van der Waals surface area contributed by atoms with Gasteiger partial charge < -0.3 is 4.74 Å². The lowest BCUT2D eigenvalue weighted by molar-refractivity contribution is 0.414. The minimum absolute atomic E-state index is 0.0359. The van der Waals surface area contributed by atoms with Gasteiger partial charge in [-0.2, -0.15) is 0 Å². The van der Waals surface area contributed by atoms with Gasteiger partial charge in [0.1, 0.15) is 5.75 Å². The van der Waals surface area contributed by atoms with Gasteiger partial charge in [-0.1, -0.05) is 69.3 Å². The molecule has 0 amide bonds. The second-order valence-corrected chi connectivity index (χ2v) is 8.29. The number of pyridine rings is 1. The lowest BCUT2D eigenvalue weighted by Crippen LogP contribution is -2.20. The van der Waals surface area contributed by atoms with Crippen LogP contribution in [-0.2, 0) is 5.41 Å². The van der Waals surface area contributed by atoms with Crippen LogP contribution >= 0.6 is 0 Å². The summed E-state index contributed by atoms with van der Waals surface area (Å²) in [5.74, 6) is 0.719. The molecule has 29 heavy (non-hydrogen) atoms. The molecule has 0 fully saturated rings. The Bertz CT molecular complexity index is 1230. The predicted octanol–water partition coefficient (Wildman–Crippen LogP) is 5.96. The fourth-order valence-corrected chi connectivity index (χ4v) is 3.62. The Hall–Kier alpha value is -3.33. The molecule has 3 aromatic carbocycles. The molecule has 0 saturated carbocycles. The van der Waals surface area contributed by atoms with E-state index in [1.54, 1.807) is 11.7 Å². The van der Waals surface area contributed by atoms with Crippen LogP contribution < -0.4 is 10.3 Å². The van der Waals surface area contributed by atoms with Crippen LogP contribution in [0.1, 0.15) is 26.3 Å². The number of nitrogens with zero attached hydrogens (tertiary/aromatic N) is 1. The zero-order valence-corrected chi connectivity index (χ0v) is 17.3. The molecule has 4 aromatic rings. The topological polar surface area (TPSA) is 31.2 Å². The smallest absolute Gasteiger partial charge is 0.263 e. The van der Waals surface area contributed by atoms with Crippen LogP contribution in [0.2, 0.25) is 0 Å². The number of fused-ring (bicyclic) bond motifs is 1. The Morgan fingerprint density at radius 3 is 2.24 bits per heavy atom. The summed E-state index contributed by atoms with van der Waals surface area (Å²) in [5.41, 5.74) is 3.96. The summed E-state index contributed by atoms with van der Waals surface area (Å²) in [4.78, 5) is 13.5. The maximum atomic E-state index is 13.5. The zero-order valence-electron chi connectivity index (χ0n) is 17.3. The van der Waals surface area contributed by atoms with Crippen LogP contribution in [0.4, 0.5) is 0 Å². The van der Waals surface area contributed by atoms with Gasteiger partial charge in [-0.15, -0.1) is 0 Å². The van der Waals surface area contributed by atoms with E-state index in [9.17, 15) is 4.79 Å². The van der Waals surface area contributed by atoms with Gasteiger partial charge in [0.25, 0.3) is 5.56 Å². The first kappa shape index (κ1) is 19.0. The number of methoxy groups -OCH3 is 1. The highest BCUT2D eigenvalue weighted by atomic mass is 16.5. The Morgan fingerprint density at radius 1 is 0.828 bits per heavy atom. The summed E-state index contributed by atoms with van der Waals surface area (Å²) in [7, 11) is 1.63. The number of hydrogen-bond donors (Lipinski definition) is 0. The first-order chi connectivity index (χ1) is 13.9. The largest absolute Gasteiger partial charge is 0.497 e. The quantitative estimate of drug-likeness (QED) is 0.437. The third kappa shape index (κ3) is 3.56. The van der Waals surface area contributed by atoms with E-state index in [0.29, 0.717) is 5.39 Å². The van der Waals surface area contributed by atoms with E-state index in [0.717, 1.165) is 28.1 Å². The van der Waals surface area contributed by atoms with Crippen molar-refractivity contribution in [1.82, 2.24) is 4.57 Å². The molecule has 0 bridgehead atoms. The van der Waals surface area contributed by atoms with Gasteiger partial charge in [0.2, 0.25) is 0 Å². The second kappa shape index (κ2) is 7.25. The van der Waals surface area contributed by atoms with Crippen molar-refractivity contribution in [2.75, 3.05) is 7.11 Å². The highest BCUT2D eigenvalue weighted by Crippen LogP contribution is 2.29. The van der Waals surface area contributed by atoms with E-state index in [2.05, 4.69) is 51.1 Å². The van der Waals surface area contributed by atoms with Crippen LogP contribution in [-0.4, -0.2) is 11.7 Å². The van der Waals surface area contributed by atoms with Crippen molar-refractivity contribution in [3.63, 3.8) is 0 Å². The summed E-state index contributed by atoms with van der Waals surface area (Å²) < 4.78 is 7.16. The summed E-state index contributed by atoms with van der Waals surface area (Å²) in [6.07, 6.45) is 0. The van der Waals surface area contributed by atoms with Crippen molar-refractivity contribution in [1.29, 1.82) is 0 Å². The van der Waals surface area contributed by atoms with Gasteiger partial charge >= 0.3 is 0 Å². The number of benzene rings is 3. The monoisotopic (exact) mass is 383 g/mol. The summed E-state index contributed by atoms with van der Waals surface area (Å²) in [6, 6.07) is 25.9. The van der Waals surface area contributed by atoms with Gasteiger partial charge in [-0.05, 0) is 46.2 Å². The van der Waals surface area contributed by atoms with E-state index in [1.807, 2.05) is 48.5 Å². The fourth-order valence-electron chi connectivity index (χ4n) is 3.62. The molecule has 0 radical (unpaired) electrons. The van der Waals surface area contributed by atoms with E-state index < -0.39 is 0 Å². The van der Waals surface area contributed by atoms with E-state index in [-0.39, 0.29) is 11.0 Å². The minimum Gasteiger partial charge on any atom is -0.497 e. The second-order valence-electron chi connectivity index (χ2n) is 8.29. The molecule has 0 unspecified atom stereocenters. The Labute approximate surface area is 171 Å². The fraction of sp³-hybridized carbons (Fsp3) is 0.192. The van der Waals surface area contributed by atoms with E-state index in [1.165, 1.54) is 5.56 Å². The van der Waals surface area contributed by atoms with Crippen molar-refractivity contribution in [2.24, 2.45) is 0 Å².